The first kappa shape index (κ1) is 14.6. The van der Waals surface area contributed by atoms with Crippen LogP contribution in [0.5, 0.6) is 0 Å². The van der Waals surface area contributed by atoms with Crippen LogP contribution in [0.1, 0.15) is 44.1 Å². The van der Waals surface area contributed by atoms with Gasteiger partial charge in [0, 0.05) is 32.4 Å². The molecule has 5 heteroatoms. The minimum absolute atomic E-state index is 0.0924. The van der Waals surface area contributed by atoms with Crippen LogP contribution in [-0.4, -0.2) is 21.6 Å². The Kier molecular flexibility index (Phi) is 4.47. The second kappa shape index (κ2) is 6.11. The van der Waals surface area contributed by atoms with Crippen LogP contribution in [0.4, 0.5) is 0 Å². The van der Waals surface area contributed by atoms with Crippen molar-refractivity contribution in [3.8, 4) is 0 Å². The van der Waals surface area contributed by atoms with E-state index in [1.807, 2.05) is 30.1 Å². The lowest BCUT2D eigenvalue weighted by atomic mass is 9.71. The molecule has 5 nitrogen and oxygen atoms in total. The van der Waals surface area contributed by atoms with Crippen LogP contribution in [0.3, 0.4) is 0 Å². The van der Waals surface area contributed by atoms with Gasteiger partial charge in [0.05, 0.1) is 5.41 Å². The van der Waals surface area contributed by atoms with Crippen molar-refractivity contribution in [3.63, 3.8) is 0 Å². The molecule has 0 unspecified atom stereocenters. The second-order valence-corrected chi connectivity index (χ2v) is 5.78. The van der Waals surface area contributed by atoms with E-state index in [9.17, 15) is 14.7 Å². The van der Waals surface area contributed by atoms with Crippen molar-refractivity contribution in [2.75, 3.05) is 0 Å². The molecule has 1 aromatic heterocycles. The molecule has 0 atom stereocenters. The molecule has 1 aromatic rings. The summed E-state index contributed by atoms with van der Waals surface area (Å²) >= 11 is 0. The molecule has 2 N–H and O–H groups in total. The molecule has 0 radical (unpaired) electrons. The van der Waals surface area contributed by atoms with Crippen LogP contribution in [0.2, 0.25) is 0 Å². The molecule has 0 aliphatic heterocycles. The predicted molar refractivity (Wildman–Crippen MR) is 75.0 cm³/mol. The number of aliphatic carboxylic acids is 1. The number of hydrogen-bond donors (Lipinski definition) is 2. The lowest BCUT2D eigenvalue weighted by Gasteiger charge is -2.32. The normalized spacial score (nSPS) is 17.6. The van der Waals surface area contributed by atoms with Crippen molar-refractivity contribution in [1.29, 1.82) is 0 Å². The van der Waals surface area contributed by atoms with Gasteiger partial charge in [-0.3, -0.25) is 9.59 Å². The zero-order valence-electron chi connectivity index (χ0n) is 11.9. The van der Waals surface area contributed by atoms with Gasteiger partial charge in [-0.1, -0.05) is 19.3 Å². The first-order valence-corrected chi connectivity index (χ1v) is 7.13. The Morgan fingerprint density at radius 2 is 2.05 bits per heavy atom. The molecule has 1 aliphatic rings. The van der Waals surface area contributed by atoms with E-state index in [-0.39, 0.29) is 12.3 Å². The topological polar surface area (TPSA) is 71.3 Å². The summed E-state index contributed by atoms with van der Waals surface area (Å²) in [6, 6.07) is 1.94. The standard InChI is InChI=1S/C15H22N2O3/c1-17-8-5-12(11-17)10-16-13(18)9-15(14(19)20)6-3-2-4-7-15/h5,8,11H,2-4,6-7,9-10H2,1H3,(H,16,18)(H,19,20). The molecule has 110 valence electrons. The first-order valence-electron chi connectivity index (χ1n) is 7.13. The van der Waals surface area contributed by atoms with Crippen LogP contribution in [0, 0.1) is 5.41 Å². The van der Waals surface area contributed by atoms with Crippen LogP contribution in [0.25, 0.3) is 0 Å². The van der Waals surface area contributed by atoms with Gasteiger partial charge in [-0.15, -0.1) is 0 Å². The van der Waals surface area contributed by atoms with E-state index in [0.29, 0.717) is 19.4 Å². The van der Waals surface area contributed by atoms with E-state index in [2.05, 4.69) is 5.32 Å². The van der Waals surface area contributed by atoms with Gasteiger partial charge in [0.1, 0.15) is 0 Å². The Balaban J connectivity index is 1.90. The maximum atomic E-state index is 12.0. The molecule has 1 heterocycles. The third-order valence-corrected chi connectivity index (χ3v) is 4.15. The number of rotatable bonds is 5. The summed E-state index contributed by atoms with van der Waals surface area (Å²) in [7, 11) is 1.92. The van der Waals surface area contributed by atoms with Crippen LogP contribution < -0.4 is 5.32 Å². The highest BCUT2D eigenvalue weighted by Crippen LogP contribution is 2.39. The van der Waals surface area contributed by atoms with E-state index >= 15 is 0 Å². The number of carbonyl (C=O) groups excluding carboxylic acids is 1. The van der Waals surface area contributed by atoms with Crippen molar-refractivity contribution >= 4 is 11.9 Å². The number of carboxylic acid groups (broad SMARTS) is 1. The Morgan fingerprint density at radius 3 is 2.60 bits per heavy atom. The van der Waals surface area contributed by atoms with E-state index in [4.69, 9.17) is 0 Å². The Bertz CT molecular complexity index is 487. The molecule has 1 fully saturated rings. The molecule has 0 spiro atoms. The first-order chi connectivity index (χ1) is 9.52. The smallest absolute Gasteiger partial charge is 0.310 e. The number of hydrogen-bond acceptors (Lipinski definition) is 2. The minimum Gasteiger partial charge on any atom is -0.481 e. The molecule has 0 aromatic carbocycles. The predicted octanol–water partition coefficient (Wildman–Crippen LogP) is 2.07. The fourth-order valence-electron chi connectivity index (χ4n) is 2.93. The van der Waals surface area contributed by atoms with Crippen molar-refractivity contribution in [2.24, 2.45) is 12.5 Å². The number of nitrogens with one attached hydrogen (secondary N) is 1. The average Bonchev–Trinajstić information content (AvgIpc) is 2.83. The van der Waals surface area contributed by atoms with Crippen LogP contribution >= 0.6 is 0 Å². The molecule has 1 aliphatic carbocycles. The van der Waals surface area contributed by atoms with Gasteiger partial charge in [-0.2, -0.15) is 0 Å². The SMILES string of the molecule is Cn1ccc(CNC(=O)CC2(C(=O)O)CCCCC2)c1. The van der Waals surface area contributed by atoms with E-state index in [0.717, 1.165) is 24.8 Å². The van der Waals surface area contributed by atoms with Crippen molar-refractivity contribution < 1.29 is 14.7 Å². The molecule has 0 bridgehead atoms. The molecular weight excluding hydrogens is 256 g/mol. The largest absolute Gasteiger partial charge is 0.481 e. The van der Waals surface area contributed by atoms with Crippen molar-refractivity contribution in [3.05, 3.63) is 24.0 Å². The lowest BCUT2D eigenvalue weighted by Crippen LogP contribution is -2.39. The fraction of sp³-hybridized carbons (Fsp3) is 0.600. The van der Waals surface area contributed by atoms with Gasteiger partial charge < -0.3 is 15.0 Å². The highest BCUT2D eigenvalue weighted by molar-refractivity contribution is 5.85. The minimum atomic E-state index is -0.848. The molecule has 1 amide bonds. The number of amides is 1. The highest BCUT2D eigenvalue weighted by Gasteiger charge is 2.41. The maximum absolute atomic E-state index is 12.0. The molecule has 1 saturated carbocycles. The summed E-state index contributed by atoms with van der Waals surface area (Å²) in [6.45, 7) is 0.454. The van der Waals surface area contributed by atoms with Crippen LogP contribution in [0.15, 0.2) is 18.5 Å². The van der Waals surface area contributed by atoms with Gasteiger partial charge in [0.2, 0.25) is 5.91 Å². The molecular formula is C15H22N2O3. The third-order valence-electron chi connectivity index (χ3n) is 4.15. The quantitative estimate of drug-likeness (QED) is 0.866. The van der Waals surface area contributed by atoms with E-state index in [1.165, 1.54) is 0 Å². The van der Waals surface area contributed by atoms with E-state index in [1.54, 1.807) is 0 Å². The van der Waals surface area contributed by atoms with Gasteiger partial charge in [-0.25, -0.2) is 0 Å². The number of nitrogens with zero attached hydrogens (tertiary/aromatic N) is 1. The Morgan fingerprint density at radius 1 is 1.35 bits per heavy atom. The fourth-order valence-corrected chi connectivity index (χ4v) is 2.93. The molecule has 0 saturated heterocycles. The number of carboxylic acids is 1. The average molecular weight is 278 g/mol. The summed E-state index contributed by atoms with van der Waals surface area (Å²) in [5.74, 6) is -0.995. The summed E-state index contributed by atoms with van der Waals surface area (Å²) in [5, 5.41) is 12.3. The zero-order valence-corrected chi connectivity index (χ0v) is 11.9. The third kappa shape index (κ3) is 3.40. The molecule has 2 rings (SSSR count). The van der Waals surface area contributed by atoms with Crippen molar-refractivity contribution in [1.82, 2.24) is 9.88 Å². The summed E-state index contributed by atoms with van der Waals surface area (Å²) in [5.41, 5.74) is 0.174. The Hall–Kier alpha value is -1.78. The van der Waals surface area contributed by atoms with E-state index < -0.39 is 11.4 Å². The lowest BCUT2D eigenvalue weighted by molar-refractivity contribution is -0.154. The zero-order chi connectivity index (χ0) is 14.6. The maximum Gasteiger partial charge on any atom is 0.310 e. The Labute approximate surface area is 119 Å². The number of aryl methyl sites for hydroxylation is 1. The van der Waals surface area contributed by atoms with Gasteiger partial charge in [0.15, 0.2) is 0 Å². The number of aromatic nitrogens is 1. The van der Waals surface area contributed by atoms with Crippen LogP contribution in [-0.2, 0) is 23.2 Å². The van der Waals surface area contributed by atoms with Crippen molar-refractivity contribution in [2.45, 2.75) is 45.1 Å². The van der Waals surface area contributed by atoms with Gasteiger partial charge in [-0.05, 0) is 24.5 Å². The monoisotopic (exact) mass is 278 g/mol. The van der Waals surface area contributed by atoms with Gasteiger partial charge >= 0.3 is 5.97 Å². The summed E-state index contributed by atoms with van der Waals surface area (Å²) in [6.07, 6.45) is 8.05. The number of carbonyl (C=O) groups is 2. The van der Waals surface area contributed by atoms with Gasteiger partial charge in [0.25, 0.3) is 0 Å². The highest BCUT2D eigenvalue weighted by atomic mass is 16.4. The summed E-state index contributed by atoms with van der Waals surface area (Å²) < 4.78 is 1.92. The molecule has 20 heavy (non-hydrogen) atoms. The summed E-state index contributed by atoms with van der Waals surface area (Å²) in [4.78, 5) is 23.5. The second-order valence-electron chi connectivity index (χ2n) is 5.78.